The van der Waals surface area contributed by atoms with Gasteiger partial charge in [-0.2, -0.15) is 5.10 Å². The zero-order valence-corrected chi connectivity index (χ0v) is 16.0. The third kappa shape index (κ3) is 4.31. The average Bonchev–Trinajstić information content (AvgIpc) is 3.30. The number of piperidine rings is 1. The number of carboxylic acids is 1. The summed E-state index contributed by atoms with van der Waals surface area (Å²) in [6, 6.07) is 0. The predicted molar refractivity (Wildman–Crippen MR) is 98.0 cm³/mol. The Bertz CT molecular complexity index is 723. The molecule has 0 spiro atoms. The number of likely N-dealkylation sites (tertiary alicyclic amines) is 2. The first-order chi connectivity index (χ1) is 12.9. The van der Waals surface area contributed by atoms with Gasteiger partial charge in [-0.1, -0.05) is 0 Å². The van der Waals surface area contributed by atoms with E-state index in [0.717, 1.165) is 42.9 Å². The van der Waals surface area contributed by atoms with E-state index in [1.807, 2.05) is 18.7 Å². The van der Waals surface area contributed by atoms with E-state index in [4.69, 9.17) is 0 Å². The van der Waals surface area contributed by atoms with Crippen molar-refractivity contribution in [1.29, 1.82) is 0 Å². The fraction of sp³-hybridized carbons (Fsp3) is 0.684. The number of hydrogen-bond donors (Lipinski definition) is 2. The minimum absolute atomic E-state index is 0.00461. The number of H-pyrrole nitrogens is 1. The molecule has 8 heteroatoms. The molecule has 2 fully saturated rings. The van der Waals surface area contributed by atoms with E-state index in [9.17, 15) is 19.5 Å². The molecular weight excluding hydrogens is 348 g/mol. The minimum Gasteiger partial charge on any atom is -0.481 e. The second-order valence-corrected chi connectivity index (χ2v) is 7.72. The van der Waals surface area contributed by atoms with Crippen molar-refractivity contribution in [1.82, 2.24) is 20.0 Å². The van der Waals surface area contributed by atoms with Crippen LogP contribution in [0, 0.1) is 25.7 Å². The molecule has 3 heterocycles. The van der Waals surface area contributed by atoms with Gasteiger partial charge in [0.15, 0.2) is 0 Å². The van der Waals surface area contributed by atoms with Crippen molar-refractivity contribution < 1.29 is 19.5 Å². The quantitative estimate of drug-likeness (QED) is 0.801. The van der Waals surface area contributed by atoms with Crippen molar-refractivity contribution in [2.75, 3.05) is 26.2 Å². The number of aromatic amines is 1. The Balaban J connectivity index is 1.65. The van der Waals surface area contributed by atoms with Crippen molar-refractivity contribution in [3.8, 4) is 0 Å². The van der Waals surface area contributed by atoms with Gasteiger partial charge in [-0.15, -0.1) is 0 Å². The maximum absolute atomic E-state index is 12.7. The maximum Gasteiger partial charge on any atom is 0.308 e. The fourth-order valence-electron chi connectivity index (χ4n) is 4.02. The third-order valence-corrected chi connectivity index (χ3v) is 5.85. The maximum atomic E-state index is 12.7. The number of nitrogens with zero attached hydrogens (tertiary/aromatic N) is 3. The van der Waals surface area contributed by atoms with Crippen molar-refractivity contribution in [3.05, 3.63) is 17.0 Å². The molecule has 2 atom stereocenters. The summed E-state index contributed by atoms with van der Waals surface area (Å²) < 4.78 is 0. The molecule has 0 unspecified atom stereocenters. The summed E-state index contributed by atoms with van der Waals surface area (Å²) in [5, 5.41) is 16.6. The molecule has 27 heavy (non-hydrogen) atoms. The van der Waals surface area contributed by atoms with Gasteiger partial charge in [0.05, 0.1) is 17.5 Å². The number of carbonyl (C=O) groups excluding carboxylic acids is 2. The smallest absolute Gasteiger partial charge is 0.308 e. The predicted octanol–water partition coefficient (Wildman–Crippen LogP) is 1.13. The lowest BCUT2D eigenvalue weighted by Gasteiger charge is -2.37. The summed E-state index contributed by atoms with van der Waals surface area (Å²) in [7, 11) is 0. The number of rotatable bonds is 5. The molecule has 0 aliphatic carbocycles. The second-order valence-electron chi connectivity index (χ2n) is 7.72. The summed E-state index contributed by atoms with van der Waals surface area (Å²) in [4.78, 5) is 40.4. The normalized spacial score (nSPS) is 22.9. The summed E-state index contributed by atoms with van der Waals surface area (Å²) in [5.74, 6) is -2.16. The number of aromatic nitrogens is 2. The fourth-order valence-corrected chi connectivity index (χ4v) is 4.02. The number of carboxylic acid groups (broad SMARTS) is 1. The first-order valence-corrected chi connectivity index (χ1v) is 9.66. The zero-order valence-electron chi connectivity index (χ0n) is 16.0. The van der Waals surface area contributed by atoms with Crippen molar-refractivity contribution >= 4 is 17.8 Å². The number of aryl methyl sites for hydroxylation is 2. The molecular formula is C19H28N4O4. The van der Waals surface area contributed by atoms with E-state index in [2.05, 4.69) is 10.2 Å². The lowest BCUT2D eigenvalue weighted by molar-refractivity contribution is -0.150. The molecule has 3 rings (SSSR count). The highest BCUT2D eigenvalue weighted by atomic mass is 16.4. The van der Waals surface area contributed by atoms with Gasteiger partial charge in [-0.05, 0) is 38.7 Å². The summed E-state index contributed by atoms with van der Waals surface area (Å²) in [6.45, 7) is 5.86. The van der Waals surface area contributed by atoms with Crippen LogP contribution in [0.5, 0.6) is 0 Å². The average molecular weight is 376 g/mol. The van der Waals surface area contributed by atoms with Crippen LogP contribution in [0.25, 0.3) is 0 Å². The first kappa shape index (κ1) is 19.4. The standard InChI is InChI=1S/C19H28N4O4/c1-12-13(2)20-21-16(12)5-6-17(24)23-10-14(9-15(11-23)19(26)27)18(25)22-7-3-4-8-22/h14-15H,3-11H2,1-2H3,(H,20,21)(H,26,27)/t14-,15-/m0/s1. The Morgan fingerprint density at radius 2 is 1.78 bits per heavy atom. The van der Waals surface area contributed by atoms with Crippen LogP contribution in [0.15, 0.2) is 0 Å². The number of nitrogens with one attached hydrogen (secondary N) is 1. The van der Waals surface area contributed by atoms with Gasteiger partial charge >= 0.3 is 5.97 Å². The van der Waals surface area contributed by atoms with E-state index in [0.29, 0.717) is 19.4 Å². The number of aliphatic carboxylic acids is 1. The SMILES string of the molecule is Cc1[nH]nc(CCC(=O)N2C[C@@H](C(=O)O)C[C@H](C(=O)N3CCCC3)C2)c1C. The lowest BCUT2D eigenvalue weighted by atomic mass is 9.88. The Hall–Kier alpha value is -2.38. The number of carbonyl (C=O) groups is 3. The molecule has 2 saturated heterocycles. The van der Waals surface area contributed by atoms with Gasteiger partial charge in [0.1, 0.15) is 0 Å². The van der Waals surface area contributed by atoms with E-state index < -0.39 is 17.8 Å². The molecule has 2 amide bonds. The highest BCUT2D eigenvalue weighted by Gasteiger charge is 2.38. The molecule has 1 aromatic heterocycles. The molecule has 148 valence electrons. The van der Waals surface area contributed by atoms with Crippen LogP contribution >= 0.6 is 0 Å². The summed E-state index contributed by atoms with van der Waals surface area (Å²) in [6.07, 6.45) is 3.07. The van der Waals surface area contributed by atoms with Gasteiger partial charge in [-0.25, -0.2) is 0 Å². The molecule has 8 nitrogen and oxygen atoms in total. The topological polar surface area (TPSA) is 107 Å². The lowest BCUT2D eigenvalue weighted by Crippen LogP contribution is -2.50. The van der Waals surface area contributed by atoms with Crippen LogP contribution < -0.4 is 0 Å². The van der Waals surface area contributed by atoms with Gasteiger partial charge in [0, 0.05) is 44.7 Å². The summed E-state index contributed by atoms with van der Waals surface area (Å²) in [5.41, 5.74) is 2.89. The molecule has 0 bridgehead atoms. The number of amides is 2. The van der Waals surface area contributed by atoms with Crippen molar-refractivity contribution in [2.45, 2.75) is 46.0 Å². The van der Waals surface area contributed by atoms with E-state index in [-0.39, 0.29) is 24.8 Å². The molecule has 0 saturated carbocycles. The summed E-state index contributed by atoms with van der Waals surface area (Å²) >= 11 is 0. The zero-order chi connectivity index (χ0) is 19.6. The van der Waals surface area contributed by atoms with Gasteiger partial charge in [-0.3, -0.25) is 19.5 Å². The van der Waals surface area contributed by atoms with Crippen LogP contribution in [0.3, 0.4) is 0 Å². The molecule has 0 radical (unpaired) electrons. The van der Waals surface area contributed by atoms with Gasteiger partial charge in [0.25, 0.3) is 0 Å². The Morgan fingerprint density at radius 3 is 2.37 bits per heavy atom. The van der Waals surface area contributed by atoms with E-state index >= 15 is 0 Å². The third-order valence-electron chi connectivity index (χ3n) is 5.85. The van der Waals surface area contributed by atoms with Gasteiger partial charge < -0.3 is 14.9 Å². The highest BCUT2D eigenvalue weighted by molar-refractivity contribution is 5.83. The van der Waals surface area contributed by atoms with Crippen LogP contribution in [-0.4, -0.2) is 69.1 Å². The van der Waals surface area contributed by atoms with Crippen molar-refractivity contribution in [2.24, 2.45) is 11.8 Å². The van der Waals surface area contributed by atoms with Crippen LogP contribution in [0.2, 0.25) is 0 Å². The molecule has 2 N–H and O–H groups in total. The van der Waals surface area contributed by atoms with Crippen molar-refractivity contribution in [3.63, 3.8) is 0 Å². The minimum atomic E-state index is -0.939. The Morgan fingerprint density at radius 1 is 1.11 bits per heavy atom. The van der Waals surface area contributed by atoms with E-state index in [1.54, 1.807) is 4.90 Å². The molecule has 0 aromatic carbocycles. The van der Waals surface area contributed by atoms with Gasteiger partial charge in [0.2, 0.25) is 11.8 Å². The number of hydrogen-bond acceptors (Lipinski definition) is 4. The van der Waals surface area contributed by atoms with E-state index in [1.165, 1.54) is 0 Å². The van der Waals surface area contributed by atoms with Crippen LogP contribution in [-0.2, 0) is 20.8 Å². The molecule has 1 aromatic rings. The molecule has 2 aliphatic heterocycles. The molecule has 2 aliphatic rings. The largest absolute Gasteiger partial charge is 0.481 e. The highest BCUT2D eigenvalue weighted by Crippen LogP contribution is 2.26. The van der Waals surface area contributed by atoms with Crippen LogP contribution in [0.1, 0.15) is 42.6 Å². The second kappa shape index (κ2) is 8.10. The van der Waals surface area contributed by atoms with Crippen LogP contribution in [0.4, 0.5) is 0 Å². The Kier molecular flexibility index (Phi) is 5.82. The Labute approximate surface area is 158 Å². The first-order valence-electron chi connectivity index (χ1n) is 9.66. The monoisotopic (exact) mass is 376 g/mol.